The molecular formula is C17H18FN5OS. The number of benzene rings is 1. The summed E-state index contributed by atoms with van der Waals surface area (Å²) in [5.41, 5.74) is 2.42. The van der Waals surface area contributed by atoms with Crippen molar-refractivity contribution < 1.29 is 9.18 Å². The Balaban J connectivity index is 1.80. The van der Waals surface area contributed by atoms with Gasteiger partial charge in [0.1, 0.15) is 11.3 Å². The number of halogens is 1. The molecule has 8 heteroatoms. The zero-order valence-electron chi connectivity index (χ0n) is 13.9. The molecule has 0 saturated carbocycles. The molecule has 1 aromatic carbocycles. The fraction of sp³-hybridized carbons (Fsp3) is 0.294. The molecule has 0 radical (unpaired) electrons. The average molecular weight is 359 g/mol. The summed E-state index contributed by atoms with van der Waals surface area (Å²) in [5.74, 6) is -0.539. The van der Waals surface area contributed by atoms with Crippen LogP contribution in [0.4, 0.5) is 4.39 Å². The third-order valence-electron chi connectivity index (χ3n) is 3.82. The van der Waals surface area contributed by atoms with Crippen LogP contribution in [0.15, 0.2) is 36.5 Å². The first-order valence-electron chi connectivity index (χ1n) is 7.82. The van der Waals surface area contributed by atoms with Crippen LogP contribution in [-0.4, -0.2) is 45.2 Å². The summed E-state index contributed by atoms with van der Waals surface area (Å²) >= 11 is 1.06. The number of nitrogens with zero attached hydrogens (tertiary/aromatic N) is 4. The van der Waals surface area contributed by atoms with Crippen LogP contribution in [0, 0.1) is 5.82 Å². The Kier molecular flexibility index (Phi) is 5.30. The van der Waals surface area contributed by atoms with E-state index in [-0.39, 0.29) is 17.8 Å². The van der Waals surface area contributed by atoms with Crippen molar-refractivity contribution in [3.8, 4) is 0 Å². The highest BCUT2D eigenvalue weighted by Gasteiger charge is 2.17. The number of hydrogen-bond donors (Lipinski definition) is 1. The number of hydrogen-bond acceptors (Lipinski definition) is 6. The molecule has 130 valence electrons. The molecule has 0 aliphatic carbocycles. The molecule has 0 saturated heterocycles. The maximum Gasteiger partial charge on any atom is 0.253 e. The van der Waals surface area contributed by atoms with Crippen LogP contribution in [0.25, 0.3) is 11.2 Å². The van der Waals surface area contributed by atoms with Gasteiger partial charge in [0.25, 0.3) is 5.91 Å². The van der Waals surface area contributed by atoms with E-state index < -0.39 is 0 Å². The lowest BCUT2D eigenvalue weighted by molar-refractivity contribution is 0.0932. The molecule has 3 rings (SSSR count). The van der Waals surface area contributed by atoms with E-state index in [1.807, 2.05) is 19.0 Å². The lowest BCUT2D eigenvalue weighted by atomic mass is 10.0. The number of rotatable bonds is 6. The number of fused-ring (bicyclic) bond motifs is 1. The van der Waals surface area contributed by atoms with E-state index in [9.17, 15) is 9.18 Å². The molecule has 0 aliphatic rings. The summed E-state index contributed by atoms with van der Waals surface area (Å²) in [7, 11) is 3.94. The van der Waals surface area contributed by atoms with Crippen molar-refractivity contribution in [2.45, 2.75) is 12.5 Å². The van der Waals surface area contributed by atoms with Gasteiger partial charge in [-0.3, -0.25) is 4.79 Å². The average Bonchev–Trinajstić information content (AvgIpc) is 3.06. The Bertz CT molecular complexity index is 865. The molecule has 1 unspecified atom stereocenters. The van der Waals surface area contributed by atoms with Crippen LogP contribution < -0.4 is 5.32 Å². The van der Waals surface area contributed by atoms with Crippen molar-refractivity contribution in [2.75, 3.05) is 20.6 Å². The zero-order valence-corrected chi connectivity index (χ0v) is 14.8. The van der Waals surface area contributed by atoms with Gasteiger partial charge in [-0.2, -0.15) is 8.75 Å². The van der Waals surface area contributed by atoms with E-state index in [1.165, 1.54) is 18.3 Å². The number of carbonyl (C=O) groups is 1. The molecule has 0 bridgehead atoms. The molecule has 1 atom stereocenters. The standard InChI is InChI=1S/C17H18FN5OS/c1-23(2)8-7-14(11-3-5-13(18)6-4-11)20-17(24)12-9-15-16(19-10-12)22-25-21-15/h3-6,9-10,14H,7-8H2,1-2H3,(H,20,24). The second-order valence-corrected chi connectivity index (χ2v) is 6.53. The second kappa shape index (κ2) is 7.62. The zero-order chi connectivity index (χ0) is 17.8. The third-order valence-corrected chi connectivity index (χ3v) is 4.35. The minimum Gasteiger partial charge on any atom is -0.345 e. The van der Waals surface area contributed by atoms with Crippen molar-refractivity contribution in [3.63, 3.8) is 0 Å². The molecule has 0 spiro atoms. The van der Waals surface area contributed by atoms with E-state index in [4.69, 9.17) is 0 Å². The van der Waals surface area contributed by atoms with Gasteiger partial charge in [-0.05, 0) is 50.8 Å². The molecule has 3 aromatic rings. The lowest BCUT2D eigenvalue weighted by Crippen LogP contribution is -2.31. The smallest absolute Gasteiger partial charge is 0.253 e. The SMILES string of the molecule is CN(C)CCC(NC(=O)c1cnc2nsnc2c1)c1ccc(F)cc1. The highest BCUT2D eigenvalue weighted by Crippen LogP contribution is 2.19. The van der Waals surface area contributed by atoms with Crippen molar-refractivity contribution in [1.29, 1.82) is 0 Å². The van der Waals surface area contributed by atoms with Crippen LogP contribution in [0.2, 0.25) is 0 Å². The first kappa shape index (κ1) is 17.4. The Hall–Kier alpha value is -2.45. The normalized spacial score (nSPS) is 12.5. The number of pyridine rings is 1. The lowest BCUT2D eigenvalue weighted by Gasteiger charge is -2.21. The second-order valence-electron chi connectivity index (χ2n) is 6.00. The van der Waals surface area contributed by atoms with Crippen molar-refractivity contribution >= 4 is 28.8 Å². The van der Waals surface area contributed by atoms with Gasteiger partial charge in [-0.15, -0.1) is 0 Å². The van der Waals surface area contributed by atoms with Gasteiger partial charge in [-0.25, -0.2) is 9.37 Å². The molecule has 0 fully saturated rings. The van der Waals surface area contributed by atoms with Crippen LogP contribution in [0.3, 0.4) is 0 Å². The van der Waals surface area contributed by atoms with Gasteiger partial charge in [0.05, 0.1) is 23.3 Å². The topological polar surface area (TPSA) is 71.0 Å². The van der Waals surface area contributed by atoms with E-state index in [0.717, 1.165) is 23.8 Å². The van der Waals surface area contributed by atoms with Crippen LogP contribution in [0.1, 0.15) is 28.4 Å². The van der Waals surface area contributed by atoms with Crippen LogP contribution in [-0.2, 0) is 0 Å². The summed E-state index contributed by atoms with van der Waals surface area (Å²) in [6, 6.07) is 7.65. The van der Waals surface area contributed by atoms with E-state index in [1.54, 1.807) is 18.2 Å². The molecule has 2 heterocycles. The van der Waals surface area contributed by atoms with Crippen molar-refractivity contribution in [2.24, 2.45) is 0 Å². The minimum atomic E-state index is -0.299. The Labute approximate surface area is 149 Å². The largest absolute Gasteiger partial charge is 0.345 e. The summed E-state index contributed by atoms with van der Waals surface area (Å²) in [5, 5.41) is 3.01. The van der Waals surface area contributed by atoms with E-state index >= 15 is 0 Å². The Morgan fingerprint density at radius 1 is 1.28 bits per heavy atom. The highest BCUT2D eigenvalue weighted by molar-refractivity contribution is 7.00. The minimum absolute atomic E-state index is 0.222. The van der Waals surface area contributed by atoms with Gasteiger partial charge in [-0.1, -0.05) is 12.1 Å². The maximum atomic E-state index is 13.2. The number of carbonyl (C=O) groups excluding carboxylic acids is 1. The molecule has 1 amide bonds. The Morgan fingerprint density at radius 2 is 2.04 bits per heavy atom. The number of aromatic nitrogens is 3. The van der Waals surface area contributed by atoms with Crippen molar-refractivity contribution in [3.05, 3.63) is 53.5 Å². The first-order chi connectivity index (χ1) is 12.0. The predicted octanol–water partition coefficient (Wildman–Crippen LogP) is 2.65. The van der Waals surface area contributed by atoms with Crippen LogP contribution >= 0.6 is 11.7 Å². The Morgan fingerprint density at radius 3 is 2.76 bits per heavy atom. The summed E-state index contributed by atoms with van der Waals surface area (Å²) < 4.78 is 21.3. The van der Waals surface area contributed by atoms with E-state index in [2.05, 4.69) is 19.0 Å². The van der Waals surface area contributed by atoms with Crippen LogP contribution in [0.5, 0.6) is 0 Å². The summed E-state index contributed by atoms with van der Waals surface area (Å²) in [4.78, 5) is 18.8. The number of nitrogens with one attached hydrogen (secondary N) is 1. The van der Waals surface area contributed by atoms with Gasteiger partial charge < -0.3 is 10.2 Å². The fourth-order valence-corrected chi connectivity index (χ4v) is 2.94. The predicted molar refractivity (Wildman–Crippen MR) is 95.0 cm³/mol. The number of amides is 1. The van der Waals surface area contributed by atoms with Gasteiger partial charge >= 0.3 is 0 Å². The highest BCUT2D eigenvalue weighted by atomic mass is 32.1. The quantitative estimate of drug-likeness (QED) is 0.733. The third kappa shape index (κ3) is 4.34. The van der Waals surface area contributed by atoms with Gasteiger partial charge in [0.2, 0.25) is 0 Å². The molecule has 2 aromatic heterocycles. The van der Waals surface area contributed by atoms with E-state index in [0.29, 0.717) is 23.1 Å². The first-order valence-corrected chi connectivity index (χ1v) is 8.55. The molecular weight excluding hydrogens is 341 g/mol. The van der Waals surface area contributed by atoms with Crippen molar-refractivity contribution in [1.82, 2.24) is 23.9 Å². The van der Waals surface area contributed by atoms with Gasteiger partial charge in [0, 0.05) is 6.20 Å². The summed E-state index contributed by atoms with van der Waals surface area (Å²) in [6.45, 7) is 0.787. The molecule has 1 N–H and O–H groups in total. The molecule has 25 heavy (non-hydrogen) atoms. The molecule has 0 aliphatic heterocycles. The van der Waals surface area contributed by atoms with Gasteiger partial charge in [0.15, 0.2) is 5.65 Å². The molecule has 6 nitrogen and oxygen atoms in total. The maximum absolute atomic E-state index is 13.2. The monoisotopic (exact) mass is 359 g/mol. The fourth-order valence-electron chi connectivity index (χ4n) is 2.46. The summed E-state index contributed by atoms with van der Waals surface area (Å²) in [6.07, 6.45) is 2.20.